The van der Waals surface area contributed by atoms with Crippen LogP contribution in [0, 0.1) is 17.2 Å². The second-order valence-electron chi connectivity index (χ2n) is 3.74. The number of nitrogens with one attached hydrogen (secondary N) is 1. The minimum atomic E-state index is -0.477. The van der Waals surface area contributed by atoms with Gasteiger partial charge < -0.3 is 10.4 Å². The van der Waals surface area contributed by atoms with Gasteiger partial charge in [0.15, 0.2) is 0 Å². The summed E-state index contributed by atoms with van der Waals surface area (Å²) >= 11 is 1.27. The molecule has 0 rings (SSSR count). The monoisotopic (exact) mass is 230 g/mol. The summed E-state index contributed by atoms with van der Waals surface area (Å²) in [4.78, 5) is 11.2. The average Bonchev–Trinajstić information content (AvgIpc) is 2.14. The first-order valence-electron chi connectivity index (χ1n) is 4.95. The highest BCUT2D eigenvalue weighted by atomic mass is 32.2. The molecule has 0 saturated heterocycles. The average molecular weight is 230 g/mol. The van der Waals surface area contributed by atoms with Gasteiger partial charge in [0.2, 0.25) is 5.91 Å². The number of carbonyl (C=O) groups excluding carboxylic acids is 1. The number of nitriles is 1. The van der Waals surface area contributed by atoms with Crippen molar-refractivity contribution in [3.05, 3.63) is 0 Å². The molecule has 0 radical (unpaired) electrons. The number of rotatable bonds is 7. The van der Waals surface area contributed by atoms with Gasteiger partial charge in [0.05, 0.1) is 23.7 Å². The summed E-state index contributed by atoms with van der Waals surface area (Å²) in [5.74, 6) is 0.895. The lowest BCUT2D eigenvalue weighted by Gasteiger charge is -2.13. The SMILES string of the molecule is CC(C)CC(O)CNC(=O)CSCC#N. The number of hydrogen-bond donors (Lipinski definition) is 2. The van der Waals surface area contributed by atoms with E-state index in [1.54, 1.807) is 0 Å². The molecule has 0 aliphatic heterocycles. The van der Waals surface area contributed by atoms with Crippen LogP contribution in [-0.2, 0) is 4.79 Å². The molecular weight excluding hydrogens is 212 g/mol. The predicted octanol–water partition coefficient (Wildman–Crippen LogP) is 0.766. The Morgan fingerprint density at radius 1 is 1.60 bits per heavy atom. The third kappa shape index (κ3) is 9.57. The van der Waals surface area contributed by atoms with E-state index in [9.17, 15) is 9.90 Å². The number of carbonyl (C=O) groups is 1. The minimum absolute atomic E-state index is 0.127. The summed E-state index contributed by atoms with van der Waals surface area (Å²) in [5, 5.41) is 20.3. The third-order valence-corrected chi connectivity index (χ3v) is 2.48. The topological polar surface area (TPSA) is 73.1 Å². The summed E-state index contributed by atoms with van der Waals surface area (Å²) in [6, 6.07) is 1.95. The Morgan fingerprint density at radius 2 is 2.27 bits per heavy atom. The molecule has 15 heavy (non-hydrogen) atoms. The maximum absolute atomic E-state index is 11.2. The van der Waals surface area contributed by atoms with Crippen LogP contribution in [0.1, 0.15) is 20.3 Å². The van der Waals surface area contributed by atoms with Crippen molar-refractivity contribution >= 4 is 17.7 Å². The van der Waals surface area contributed by atoms with Gasteiger partial charge in [-0.15, -0.1) is 11.8 Å². The van der Waals surface area contributed by atoms with Crippen molar-refractivity contribution in [2.45, 2.75) is 26.4 Å². The zero-order chi connectivity index (χ0) is 11.7. The Balaban J connectivity index is 3.49. The quantitative estimate of drug-likeness (QED) is 0.633. The van der Waals surface area contributed by atoms with Crippen LogP contribution in [-0.4, -0.2) is 35.2 Å². The van der Waals surface area contributed by atoms with E-state index in [2.05, 4.69) is 5.32 Å². The Hall–Kier alpha value is -0.730. The van der Waals surface area contributed by atoms with E-state index in [1.807, 2.05) is 19.9 Å². The molecule has 0 bridgehead atoms. The summed E-state index contributed by atoms with van der Waals surface area (Å²) in [5.41, 5.74) is 0. The lowest BCUT2D eigenvalue weighted by Crippen LogP contribution is -2.33. The third-order valence-electron chi connectivity index (χ3n) is 1.68. The Bertz CT molecular complexity index is 226. The summed E-state index contributed by atoms with van der Waals surface area (Å²) in [7, 11) is 0. The fourth-order valence-electron chi connectivity index (χ4n) is 1.10. The molecule has 0 aliphatic rings. The van der Waals surface area contributed by atoms with Gasteiger partial charge in [-0.05, 0) is 12.3 Å². The van der Waals surface area contributed by atoms with Gasteiger partial charge in [-0.2, -0.15) is 5.26 Å². The Morgan fingerprint density at radius 3 is 2.80 bits per heavy atom. The predicted molar refractivity (Wildman–Crippen MR) is 61.4 cm³/mol. The largest absolute Gasteiger partial charge is 0.391 e. The van der Waals surface area contributed by atoms with E-state index in [0.717, 1.165) is 0 Å². The summed E-state index contributed by atoms with van der Waals surface area (Å²) in [6.45, 7) is 4.34. The zero-order valence-electron chi connectivity index (χ0n) is 9.19. The second-order valence-corrected chi connectivity index (χ2v) is 4.72. The van der Waals surface area contributed by atoms with Gasteiger partial charge in [-0.25, -0.2) is 0 Å². The van der Waals surface area contributed by atoms with Crippen molar-refractivity contribution in [1.29, 1.82) is 5.26 Å². The van der Waals surface area contributed by atoms with Gasteiger partial charge in [0, 0.05) is 6.54 Å². The molecule has 4 nitrogen and oxygen atoms in total. The normalized spacial score (nSPS) is 12.2. The minimum Gasteiger partial charge on any atom is -0.391 e. The molecule has 1 unspecified atom stereocenters. The molecule has 5 heteroatoms. The first-order valence-corrected chi connectivity index (χ1v) is 6.11. The van der Waals surface area contributed by atoms with Crippen LogP contribution >= 0.6 is 11.8 Å². The molecular formula is C10H18N2O2S. The molecule has 1 atom stereocenters. The van der Waals surface area contributed by atoms with Gasteiger partial charge in [-0.3, -0.25) is 4.79 Å². The Kier molecular flexibility index (Phi) is 8.15. The van der Waals surface area contributed by atoms with Gasteiger partial charge in [0.25, 0.3) is 0 Å². The summed E-state index contributed by atoms with van der Waals surface area (Å²) < 4.78 is 0. The number of aliphatic hydroxyl groups is 1. The second kappa shape index (κ2) is 8.57. The maximum Gasteiger partial charge on any atom is 0.230 e. The standard InChI is InChI=1S/C10H18N2O2S/c1-8(2)5-9(13)6-12-10(14)7-15-4-3-11/h8-9,13H,4-7H2,1-2H3,(H,12,14). The van der Waals surface area contributed by atoms with Crippen LogP contribution in [0.25, 0.3) is 0 Å². The number of amides is 1. The molecule has 86 valence electrons. The molecule has 0 aromatic rings. The van der Waals surface area contributed by atoms with Crippen molar-refractivity contribution < 1.29 is 9.90 Å². The fraction of sp³-hybridized carbons (Fsp3) is 0.800. The zero-order valence-corrected chi connectivity index (χ0v) is 10.0. The molecule has 0 saturated carbocycles. The molecule has 0 aliphatic carbocycles. The molecule has 0 heterocycles. The maximum atomic E-state index is 11.2. The smallest absolute Gasteiger partial charge is 0.230 e. The van der Waals surface area contributed by atoms with Crippen LogP contribution in [0.4, 0.5) is 0 Å². The highest BCUT2D eigenvalue weighted by Crippen LogP contribution is 2.03. The fourth-order valence-corrected chi connectivity index (χ4v) is 1.58. The molecule has 2 N–H and O–H groups in total. The van der Waals surface area contributed by atoms with Crippen LogP contribution in [0.2, 0.25) is 0 Å². The lowest BCUT2D eigenvalue weighted by atomic mass is 10.1. The number of hydrogen-bond acceptors (Lipinski definition) is 4. The van der Waals surface area contributed by atoms with Crippen molar-refractivity contribution in [1.82, 2.24) is 5.32 Å². The highest BCUT2D eigenvalue weighted by molar-refractivity contribution is 8.00. The van der Waals surface area contributed by atoms with Crippen molar-refractivity contribution in [3.63, 3.8) is 0 Å². The van der Waals surface area contributed by atoms with E-state index in [4.69, 9.17) is 5.26 Å². The highest BCUT2D eigenvalue weighted by Gasteiger charge is 2.08. The molecule has 0 spiro atoms. The van der Waals surface area contributed by atoms with E-state index in [0.29, 0.717) is 24.6 Å². The van der Waals surface area contributed by atoms with Crippen LogP contribution in [0.3, 0.4) is 0 Å². The molecule has 0 aromatic carbocycles. The van der Waals surface area contributed by atoms with Crippen LogP contribution < -0.4 is 5.32 Å². The van der Waals surface area contributed by atoms with E-state index in [1.165, 1.54) is 11.8 Å². The van der Waals surface area contributed by atoms with Crippen LogP contribution in [0.15, 0.2) is 0 Å². The number of aliphatic hydroxyl groups excluding tert-OH is 1. The van der Waals surface area contributed by atoms with Crippen LogP contribution in [0.5, 0.6) is 0 Å². The molecule has 1 amide bonds. The number of nitrogens with zero attached hydrogens (tertiary/aromatic N) is 1. The van der Waals surface area contributed by atoms with Crippen molar-refractivity contribution in [3.8, 4) is 6.07 Å². The van der Waals surface area contributed by atoms with Crippen molar-refractivity contribution in [2.75, 3.05) is 18.1 Å². The Labute approximate surface area is 95.0 Å². The van der Waals surface area contributed by atoms with E-state index in [-0.39, 0.29) is 11.7 Å². The molecule has 0 aromatic heterocycles. The first kappa shape index (κ1) is 14.3. The number of thioether (sulfide) groups is 1. The van der Waals surface area contributed by atoms with E-state index >= 15 is 0 Å². The van der Waals surface area contributed by atoms with Crippen molar-refractivity contribution in [2.24, 2.45) is 5.92 Å². The lowest BCUT2D eigenvalue weighted by molar-refractivity contribution is -0.119. The van der Waals surface area contributed by atoms with Gasteiger partial charge in [0.1, 0.15) is 0 Å². The van der Waals surface area contributed by atoms with Gasteiger partial charge >= 0.3 is 0 Å². The molecule has 0 fully saturated rings. The first-order chi connectivity index (χ1) is 7.06. The summed E-state index contributed by atoms with van der Waals surface area (Å²) in [6.07, 6.45) is 0.209. The van der Waals surface area contributed by atoms with Gasteiger partial charge in [-0.1, -0.05) is 13.8 Å². The van der Waals surface area contributed by atoms with E-state index < -0.39 is 6.10 Å².